The second-order valence-electron chi connectivity index (χ2n) is 3.49. The van der Waals surface area contributed by atoms with Crippen LogP contribution in [0.25, 0.3) is 0 Å². The van der Waals surface area contributed by atoms with E-state index in [1.807, 2.05) is 0 Å². The lowest BCUT2D eigenvalue weighted by atomic mass is 9.80. The summed E-state index contributed by atoms with van der Waals surface area (Å²) >= 11 is 0. The number of aliphatic hydroxyl groups excluding tert-OH is 3. The van der Waals surface area contributed by atoms with E-state index in [2.05, 4.69) is 6.58 Å². The molecular formula is C9H16O3. The normalized spacial score (nSPS) is 41.6. The van der Waals surface area contributed by atoms with Gasteiger partial charge in [-0.3, -0.25) is 0 Å². The Hall–Kier alpha value is -0.380. The van der Waals surface area contributed by atoms with Crippen molar-refractivity contribution in [3.8, 4) is 0 Å². The number of hydrogen-bond donors (Lipinski definition) is 3. The number of hydrogen-bond acceptors (Lipinski definition) is 3. The van der Waals surface area contributed by atoms with Gasteiger partial charge >= 0.3 is 0 Å². The van der Waals surface area contributed by atoms with Crippen LogP contribution in [0.15, 0.2) is 12.7 Å². The van der Waals surface area contributed by atoms with E-state index < -0.39 is 17.6 Å². The predicted molar refractivity (Wildman–Crippen MR) is 45.6 cm³/mol. The number of allylic oxidation sites excluding steroid dienone is 1. The molecule has 70 valence electrons. The molecule has 1 saturated carbocycles. The van der Waals surface area contributed by atoms with Crippen molar-refractivity contribution in [1.82, 2.24) is 0 Å². The summed E-state index contributed by atoms with van der Waals surface area (Å²) in [4.78, 5) is 0. The Bertz CT molecular complexity index is 157. The molecule has 0 radical (unpaired) electrons. The molecule has 0 spiro atoms. The Morgan fingerprint density at radius 3 is 2.17 bits per heavy atom. The molecule has 0 saturated heterocycles. The molecule has 3 heteroatoms. The lowest BCUT2D eigenvalue weighted by molar-refractivity contribution is -0.0570. The summed E-state index contributed by atoms with van der Waals surface area (Å²) in [5.74, 6) is 0. The molecule has 1 fully saturated rings. The quantitative estimate of drug-likeness (QED) is 0.527. The summed E-state index contributed by atoms with van der Waals surface area (Å²) in [6.45, 7) is 3.37. The van der Waals surface area contributed by atoms with Crippen LogP contribution in [0.1, 0.15) is 19.3 Å². The van der Waals surface area contributed by atoms with Gasteiger partial charge in [-0.15, -0.1) is 6.58 Å². The molecule has 1 aliphatic rings. The second-order valence-corrected chi connectivity index (χ2v) is 3.49. The van der Waals surface area contributed by atoms with Gasteiger partial charge in [0.05, 0.1) is 18.8 Å². The Kier molecular flexibility index (Phi) is 2.88. The topological polar surface area (TPSA) is 60.7 Å². The van der Waals surface area contributed by atoms with Crippen molar-refractivity contribution in [2.45, 2.75) is 31.5 Å². The lowest BCUT2D eigenvalue weighted by Gasteiger charge is -2.32. The van der Waals surface area contributed by atoms with Crippen molar-refractivity contribution < 1.29 is 15.3 Å². The van der Waals surface area contributed by atoms with E-state index in [9.17, 15) is 10.2 Å². The third-order valence-electron chi connectivity index (χ3n) is 2.86. The Morgan fingerprint density at radius 2 is 1.83 bits per heavy atom. The molecule has 2 unspecified atom stereocenters. The average molecular weight is 172 g/mol. The maximum Gasteiger partial charge on any atom is 0.0647 e. The highest BCUT2D eigenvalue weighted by Crippen LogP contribution is 2.41. The van der Waals surface area contributed by atoms with Crippen LogP contribution >= 0.6 is 0 Å². The van der Waals surface area contributed by atoms with Gasteiger partial charge in [-0.05, 0) is 19.3 Å². The number of rotatable bonds is 3. The van der Waals surface area contributed by atoms with Gasteiger partial charge in [0.15, 0.2) is 0 Å². The van der Waals surface area contributed by atoms with Crippen LogP contribution in [0.4, 0.5) is 0 Å². The SMILES string of the molecule is C=CCC1(CO)C(O)CCC1O. The first-order valence-corrected chi connectivity index (χ1v) is 4.25. The van der Waals surface area contributed by atoms with Gasteiger partial charge < -0.3 is 15.3 Å². The summed E-state index contributed by atoms with van der Waals surface area (Å²) in [7, 11) is 0. The first-order chi connectivity index (χ1) is 5.67. The van der Waals surface area contributed by atoms with E-state index in [0.29, 0.717) is 19.3 Å². The fraction of sp³-hybridized carbons (Fsp3) is 0.778. The van der Waals surface area contributed by atoms with Crippen LogP contribution < -0.4 is 0 Å². The Balaban J connectivity index is 2.79. The van der Waals surface area contributed by atoms with Crippen molar-refractivity contribution in [2.75, 3.05) is 6.61 Å². The minimum absolute atomic E-state index is 0.179. The van der Waals surface area contributed by atoms with Crippen molar-refractivity contribution in [1.29, 1.82) is 0 Å². The summed E-state index contributed by atoms with van der Waals surface area (Å²) in [5, 5.41) is 28.3. The molecule has 0 bridgehead atoms. The average Bonchev–Trinajstić information content (AvgIpc) is 2.33. The molecule has 0 aromatic rings. The molecule has 0 heterocycles. The van der Waals surface area contributed by atoms with Crippen LogP contribution in [-0.4, -0.2) is 34.1 Å². The van der Waals surface area contributed by atoms with E-state index in [4.69, 9.17) is 5.11 Å². The molecule has 3 N–H and O–H groups in total. The summed E-state index contributed by atoms with van der Waals surface area (Å²) < 4.78 is 0. The molecule has 0 aliphatic heterocycles. The molecule has 2 atom stereocenters. The minimum atomic E-state index is -0.748. The summed E-state index contributed by atoms with van der Waals surface area (Å²) in [6.07, 6.45) is 2.02. The molecule has 3 nitrogen and oxygen atoms in total. The minimum Gasteiger partial charge on any atom is -0.396 e. The van der Waals surface area contributed by atoms with Crippen molar-refractivity contribution in [3.05, 3.63) is 12.7 Å². The van der Waals surface area contributed by atoms with E-state index in [1.165, 1.54) is 0 Å². The van der Waals surface area contributed by atoms with Gasteiger partial charge in [0, 0.05) is 5.41 Å². The smallest absolute Gasteiger partial charge is 0.0647 e. The second kappa shape index (κ2) is 3.56. The highest BCUT2D eigenvalue weighted by atomic mass is 16.3. The standard InChI is InChI=1S/C9H16O3/c1-2-5-9(6-10)7(11)3-4-8(9)12/h2,7-8,10-12H,1,3-6H2. The maximum absolute atomic E-state index is 9.57. The first-order valence-electron chi connectivity index (χ1n) is 4.25. The fourth-order valence-corrected chi connectivity index (χ4v) is 1.93. The molecule has 0 aromatic carbocycles. The summed E-state index contributed by atoms with van der Waals surface area (Å²) in [6, 6.07) is 0. The van der Waals surface area contributed by atoms with Gasteiger partial charge in [0.1, 0.15) is 0 Å². The van der Waals surface area contributed by atoms with Gasteiger partial charge in [-0.1, -0.05) is 6.08 Å². The van der Waals surface area contributed by atoms with Gasteiger partial charge in [0.2, 0.25) is 0 Å². The predicted octanol–water partition coefficient (Wildman–Crippen LogP) is 0.0568. The molecule has 0 amide bonds. The number of aliphatic hydroxyl groups is 3. The molecule has 1 rings (SSSR count). The zero-order chi connectivity index (χ0) is 9.19. The highest BCUT2D eigenvalue weighted by Gasteiger charge is 2.47. The highest BCUT2D eigenvalue weighted by molar-refractivity contribution is 5.01. The molecule has 12 heavy (non-hydrogen) atoms. The zero-order valence-electron chi connectivity index (χ0n) is 7.11. The van der Waals surface area contributed by atoms with Crippen LogP contribution in [-0.2, 0) is 0 Å². The van der Waals surface area contributed by atoms with E-state index in [1.54, 1.807) is 6.08 Å². The zero-order valence-corrected chi connectivity index (χ0v) is 7.11. The van der Waals surface area contributed by atoms with E-state index >= 15 is 0 Å². The van der Waals surface area contributed by atoms with Crippen molar-refractivity contribution in [3.63, 3.8) is 0 Å². The van der Waals surface area contributed by atoms with Crippen LogP contribution in [0.3, 0.4) is 0 Å². The van der Waals surface area contributed by atoms with Crippen molar-refractivity contribution >= 4 is 0 Å². The van der Waals surface area contributed by atoms with Gasteiger partial charge in [-0.25, -0.2) is 0 Å². The van der Waals surface area contributed by atoms with E-state index in [0.717, 1.165) is 0 Å². The van der Waals surface area contributed by atoms with E-state index in [-0.39, 0.29) is 6.61 Å². The monoisotopic (exact) mass is 172 g/mol. The lowest BCUT2D eigenvalue weighted by Crippen LogP contribution is -2.41. The van der Waals surface area contributed by atoms with Crippen LogP contribution in [0.5, 0.6) is 0 Å². The van der Waals surface area contributed by atoms with Crippen LogP contribution in [0.2, 0.25) is 0 Å². The largest absolute Gasteiger partial charge is 0.396 e. The maximum atomic E-state index is 9.57. The third kappa shape index (κ3) is 1.28. The molecular weight excluding hydrogens is 156 g/mol. The third-order valence-corrected chi connectivity index (χ3v) is 2.86. The van der Waals surface area contributed by atoms with Gasteiger partial charge in [-0.2, -0.15) is 0 Å². The molecule has 0 aromatic heterocycles. The Labute approximate surface area is 72.3 Å². The summed E-state index contributed by atoms with van der Waals surface area (Å²) in [5.41, 5.74) is -0.748. The van der Waals surface area contributed by atoms with Gasteiger partial charge in [0.25, 0.3) is 0 Å². The molecule has 1 aliphatic carbocycles. The Morgan fingerprint density at radius 1 is 1.33 bits per heavy atom. The fourth-order valence-electron chi connectivity index (χ4n) is 1.93. The first kappa shape index (κ1) is 9.71. The van der Waals surface area contributed by atoms with Crippen LogP contribution in [0, 0.1) is 5.41 Å². The van der Waals surface area contributed by atoms with Crippen molar-refractivity contribution in [2.24, 2.45) is 5.41 Å².